The summed E-state index contributed by atoms with van der Waals surface area (Å²) in [6.07, 6.45) is 0. The third kappa shape index (κ3) is 6.07. The fraction of sp³-hybridized carbons (Fsp3) is 0.647. The van der Waals surface area contributed by atoms with Crippen LogP contribution >= 0.6 is 11.3 Å². The molecule has 0 aromatic carbocycles. The first kappa shape index (κ1) is 19.8. The highest BCUT2D eigenvalue weighted by Gasteiger charge is 2.30. The Balaban J connectivity index is 1.95. The van der Waals surface area contributed by atoms with E-state index in [-0.39, 0.29) is 12.1 Å². The number of hydrogen-bond acceptors (Lipinski definition) is 6. The Morgan fingerprint density at radius 2 is 2.04 bits per heavy atom. The quantitative estimate of drug-likeness (QED) is 0.678. The van der Waals surface area contributed by atoms with Crippen LogP contribution in [0.2, 0.25) is 0 Å². The van der Waals surface area contributed by atoms with Crippen LogP contribution in [0, 0.1) is 0 Å². The molecule has 8 heteroatoms. The van der Waals surface area contributed by atoms with Crippen LogP contribution in [0.1, 0.15) is 17.8 Å². The molecule has 7 nitrogen and oxygen atoms in total. The number of carbonyl (C=O) groups excluding carboxylic acids is 2. The molecule has 1 saturated heterocycles. The Kier molecular flexibility index (Phi) is 7.83. The monoisotopic (exact) mass is 368 g/mol. The summed E-state index contributed by atoms with van der Waals surface area (Å²) >= 11 is 1.67. The zero-order chi connectivity index (χ0) is 18.2. The summed E-state index contributed by atoms with van der Waals surface area (Å²) in [7, 11) is 3.84. The van der Waals surface area contributed by atoms with E-state index in [1.165, 1.54) is 4.88 Å². The molecule has 25 heavy (non-hydrogen) atoms. The van der Waals surface area contributed by atoms with Crippen molar-refractivity contribution < 1.29 is 14.3 Å². The zero-order valence-electron chi connectivity index (χ0n) is 15.2. The van der Waals surface area contributed by atoms with Crippen molar-refractivity contribution in [3.8, 4) is 0 Å². The SMILES string of the molecule is CC(NC(=O)C(=O)NCCN(C)C)C(c1cccs1)N1CCOCC1. The second kappa shape index (κ2) is 9.86. The molecule has 1 fully saturated rings. The first-order valence-electron chi connectivity index (χ1n) is 8.57. The number of rotatable bonds is 7. The van der Waals surface area contributed by atoms with E-state index >= 15 is 0 Å². The lowest BCUT2D eigenvalue weighted by atomic mass is 10.1. The van der Waals surface area contributed by atoms with Gasteiger partial charge in [-0.3, -0.25) is 14.5 Å². The van der Waals surface area contributed by atoms with Crippen molar-refractivity contribution in [2.45, 2.75) is 19.0 Å². The highest BCUT2D eigenvalue weighted by atomic mass is 32.1. The lowest BCUT2D eigenvalue weighted by Crippen LogP contribution is -2.51. The smallest absolute Gasteiger partial charge is 0.309 e. The van der Waals surface area contributed by atoms with Crippen LogP contribution in [0.25, 0.3) is 0 Å². The van der Waals surface area contributed by atoms with Gasteiger partial charge < -0.3 is 20.3 Å². The molecule has 1 aromatic heterocycles. The van der Waals surface area contributed by atoms with E-state index in [0.717, 1.165) is 13.1 Å². The van der Waals surface area contributed by atoms with Gasteiger partial charge in [0.2, 0.25) is 0 Å². The van der Waals surface area contributed by atoms with E-state index in [9.17, 15) is 9.59 Å². The summed E-state index contributed by atoms with van der Waals surface area (Å²) in [5.41, 5.74) is 0. The fourth-order valence-corrected chi connectivity index (χ4v) is 3.85. The van der Waals surface area contributed by atoms with Gasteiger partial charge in [-0.1, -0.05) is 6.07 Å². The molecule has 0 radical (unpaired) electrons. The minimum Gasteiger partial charge on any atom is -0.379 e. The van der Waals surface area contributed by atoms with E-state index in [1.807, 2.05) is 37.4 Å². The van der Waals surface area contributed by atoms with Crippen molar-refractivity contribution in [3.05, 3.63) is 22.4 Å². The third-order valence-corrected chi connectivity index (χ3v) is 5.10. The number of carbonyl (C=O) groups is 2. The zero-order valence-corrected chi connectivity index (χ0v) is 16.0. The van der Waals surface area contributed by atoms with Crippen LogP contribution in [0.3, 0.4) is 0 Å². The van der Waals surface area contributed by atoms with Crippen molar-refractivity contribution in [1.29, 1.82) is 0 Å². The number of nitrogens with zero attached hydrogens (tertiary/aromatic N) is 2. The van der Waals surface area contributed by atoms with Gasteiger partial charge in [0.25, 0.3) is 0 Å². The van der Waals surface area contributed by atoms with Crippen molar-refractivity contribution in [1.82, 2.24) is 20.4 Å². The standard InChI is InChI=1S/C17H28N4O3S/c1-13(19-17(23)16(22)18-6-7-20(2)3)15(14-5-4-12-25-14)21-8-10-24-11-9-21/h4-5,12-13,15H,6-11H2,1-3H3,(H,18,22)(H,19,23). The van der Waals surface area contributed by atoms with E-state index in [4.69, 9.17) is 4.74 Å². The van der Waals surface area contributed by atoms with Gasteiger partial charge in [0.15, 0.2) is 0 Å². The second-order valence-corrected chi connectivity index (χ2v) is 7.41. The van der Waals surface area contributed by atoms with Crippen LogP contribution < -0.4 is 10.6 Å². The van der Waals surface area contributed by atoms with E-state index in [1.54, 1.807) is 11.3 Å². The molecule has 2 rings (SSSR count). The summed E-state index contributed by atoms with van der Waals surface area (Å²) < 4.78 is 5.44. The molecule has 2 atom stereocenters. The molecular weight excluding hydrogens is 340 g/mol. The summed E-state index contributed by atoms with van der Waals surface area (Å²) in [5.74, 6) is -1.17. The molecule has 0 saturated carbocycles. The van der Waals surface area contributed by atoms with Crippen molar-refractivity contribution in [2.75, 3.05) is 53.5 Å². The molecule has 140 valence electrons. The lowest BCUT2D eigenvalue weighted by molar-refractivity contribution is -0.140. The van der Waals surface area contributed by atoms with Gasteiger partial charge in [0.1, 0.15) is 0 Å². The van der Waals surface area contributed by atoms with Crippen LogP contribution in [-0.4, -0.2) is 81.1 Å². The average molecular weight is 369 g/mol. The number of morpholine rings is 1. The highest BCUT2D eigenvalue weighted by molar-refractivity contribution is 7.10. The molecule has 0 spiro atoms. The van der Waals surface area contributed by atoms with Crippen LogP contribution in [0.4, 0.5) is 0 Å². The average Bonchev–Trinajstić information content (AvgIpc) is 3.09. The van der Waals surface area contributed by atoms with Gasteiger partial charge in [-0.2, -0.15) is 0 Å². The first-order valence-corrected chi connectivity index (χ1v) is 9.45. The molecule has 2 unspecified atom stereocenters. The lowest BCUT2D eigenvalue weighted by Gasteiger charge is -2.37. The molecule has 1 aliphatic rings. The number of thiophene rings is 1. The van der Waals surface area contributed by atoms with Crippen molar-refractivity contribution in [3.63, 3.8) is 0 Å². The largest absolute Gasteiger partial charge is 0.379 e. The molecule has 1 aromatic rings. The van der Waals surface area contributed by atoms with Gasteiger partial charge in [-0.15, -0.1) is 11.3 Å². The number of amides is 2. The molecule has 2 amide bonds. The maximum absolute atomic E-state index is 12.2. The minimum absolute atomic E-state index is 0.0439. The topological polar surface area (TPSA) is 73.9 Å². The van der Waals surface area contributed by atoms with E-state index < -0.39 is 11.8 Å². The van der Waals surface area contributed by atoms with Gasteiger partial charge in [0, 0.05) is 37.1 Å². The molecule has 0 bridgehead atoms. The Labute approximate surface area is 153 Å². The number of nitrogens with one attached hydrogen (secondary N) is 2. The Hall–Kier alpha value is -1.48. The number of likely N-dealkylation sites (N-methyl/N-ethyl adjacent to an activating group) is 1. The first-order chi connectivity index (χ1) is 12.0. The molecule has 1 aliphatic heterocycles. The van der Waals surface area contributed by atoms with Gasteiger partial charge >= 0.3 is 11.8 Å². The molecule has 2 N–H and O–H groups in total. The van der Waals surface area contributed by atoms with Gasteiger partial charge in [-0.05, 0) is 32.5 Å². The predicted octanol–water partition coefficient (Wildman–Crippen LogP) is 0.304. The van der Waals surface area contributed by atoms with Crippen molar-refractivity contribution >= 4 is 23.2 Å². The predicted molar refractivity (Wildman–Crippen MR) is 98.6 cm³/mol. The summed E-state index contributed by atoms with van der Waals surface area (Å²) in [6, 6.07) is 3.95. The highest BCUT2D eigenvalue weighted by Crippen LogP contribution is 2.29. The van der Waals surface area contributed by atoms with E-state index in [0.29, 0.717) is 26.3 Å². The summed E-state index contributed by atoms with van der Waals surface area (Å²) in [6.45, 7) is 6.10. The van der Waals surface area contributed by atoms with Crippen LogP contribution in [-0.2, 0) is 14.3 Å². The third-order valence-electron chi connectivity index (χ3n) is 4.16. The number of hydrogen-bond donors (Lipinski definition) is 2. The minimum atomic E-state index is -0.583. The maximum atomic E-state index is 12.2. The molecular formula is C17H28N4O3S. The van der Waals surface area contributed by atoms with Gasteiger partial charge in [-0.25, -0.2) is 0 Å². The molecule has 2 heterocycles. The number of ether oxygens (including phenoxy) is 1. The van der Waals surface area contributed by atoms with Crippen molar-refractivity contribution in [2.24, 2.45) is 0 Å². The van der Waals surface area contributed by atoms with Crippen LogP contribution in [0.15, 0.2) is 17.5 Å². The normalized spacial score (nSPS) is 17.9. The Morgan fingerprint density at radius 1 is 1.32 bits per heavy atom. The summed E-state index contributed by atoms with van der Waals surface area (Å²) in [5, 5.41) is 7.54. The van der Waals surface area contributed by atoms with Crippen LogP contribution in [0.5, 0.6) is 0 Å². The molecule has 0 aliphatic carbocycles. The fourth-order valence-electron chi connectivity index (χ4n) is 2.88. The Morgan fingerprint density at radius 3 is 2.64 bits per heavy atom. The second-order valence-electron chi connectivity index (χ2n) is 6.43. The van der Waals surface area contributed by atoms with E-state index in [2.05, 4.69) is 21.6 Å². The maximum Gasteiger partial charge on any atom is 0.309 e. The Bertz CT molecular complexity index is 544. The summed E-state index contributed by atoms with van der Waals surface area (Å²) in [4.78, 5) is 29.6. The van der Waals surface area contributed by atoms with Gasteiger partial charge in [0.05, 0.1) is 19.3 Å².